The van der Waals surface area contributed by atoms with Crippen LogP contribution >= 0.6 is 0 Å². The van der Waals surface area contributed by atoms with Crippen molar-refractivity contribution in [2.45, 2.75) is 25.3 Å². The Labute approximate surface area is 147 Å². The van der Waals surface area contributed by atoms with Crippen molar-refractivity contribution < 1.29 is 9.21 Å². The highest BCUT2D eigenvalue weighted by molar-refractivity contribution is 5.80. The number of furan rings is 1. The smallest absolute Gasteiger partial charge is 0.221 e. The van der Waals surface area contributed by atoms with Crippen molar-refractivity contribution in [1.82, 2.24) is 5.32 Å². The van der Waals surface area contributed by atoms with Crippen molar-refractivity contribution in [2.24, 2.45) is 5.92 Å². The number of carbonyl (C=O) groups excluding carboxylic acids is 1. The number of amides is 1. The molecule has 1 aliphatic carbocycles. The third-order valence-electron chi connectivity index (χ3n) is 4.73. The van der Waals surface area contributed by atoms with Gasteiger partial charge in [-0.25, -0.2) is 0 Å². The van der Waals surface area contributed by atoms with Gasteiger partial charge in [-0.05, 0) is 36.5 Å². The summed E-state index contributed by atoms with van der Waals surface area (Å²) in [6.45, 7) is 0. The van der Waals surface area contributed by atoms with E-state index in [1.54, 1.807) is 0 Å². The van der Waals surface area contributed by atoms with Crippen molar-refractivity contribution >= 4 is 16.9 Å². The molecule has 126 valence electrons. The topological polar surface area (TPSA) is 42.2 Å². The van der Waals surface area contributed by atoms with Crippen LogP contribution in [-0.4, -0.2) is 5.91 Å². The summed E-state index contributed by atoms with van der Waals surface area (Å²) in [5, 5.41) is 4.22. The zero-order valence-electron chi connectivity index (χ0n) is 14.0. The second-order valence-corrected chi connectivity index (χ2v) is 6.57. The molecule has 0 unspecified atom stereocenters. The molecular weight excluding hydrogens is 310 g/mol. The van der Waals surface area contributed by atoms with Crippen molar-refractivity contribution in [1.29, 1.82) is 0 Å². The SMILES string of the molecule is O=C(C[C@H]1C=CCC1)N[C@@H](c1ccccc1)c1cc2ccccc2o1. The summed E-state index contributed by atoms with van der Waals surface area (Å²) in [5.74, 6) is 1.18. The van der Waals surface area contributed by atoms with Crippen LogP contribution in [0.4, 0.5) is 0 Å². The number of carbonyl (C=O) groups is 1. The zero-order valence-corrected chi connectivity index (χ0v) is 14.0. The predicted octanol–water partition coefficient (Wildman–Crippen LogP) is 4.99. The number of benzene rings is 2. The maximum atomic E-state index is 12.6. The van der Waals surface area contributed by atoms with Gasteiger partial charge in [0.2, 0.25) is 5.91 Å². The number of rotatable bonds is 5. The Kier molecular flexibility index (Phi) is 4.38. The molecule has 0 radical (unpaired) electrons. The van der Waals surface area contributed by atoms with Gasteiger partial charge >= 0.3 is 0 Å². The van der Waals surface area contributed by atoms with Crippen molar-refractivity contribution in [2.75, 3.05) is 0 Å². The molecular formula is C22H21NO2. The van der Waals surface area contributed by atoms with E-state index in [-0.39, 0.29) is 11.9 Å². The van der Waals surface area contributed by atoms with E-state index in [9.17, 15) is 4.79 Å². The molecule has 2 atom stereocenters. The number of nitrogens with one attached hydrogen (secondary N) is 1. The van der Waals surface area contributed by atoms with Gasteiger partial charge in [-0.15, -0.1) is 0 Å². The van der Waals surface area contributed by atoms with Gasteiger partial charge in [0.1, 0.15) is 17.4 Å². The van der Waals surface area contributed by atoms with Crippen LogP contribution in [0, 0.1) is 5.92 Å². The highest BCUT2D eigenvalue weighted by Crippen LogP contribution is 2.29. The largest absolute Gasteiger partial charge is 0.459 e. The Morgan fingerprint density at radius 2 is 1.92 bits per heavy atom. The first kappa shape index (κ1) is 15.7. The van der Waals surface area contributed by atoms with E-state index in [0.29, 0.717) is 12.3 Å². The summed E-state index contributed by atoms with van der Waals surface area (Å²) in [5.41, 5.74) is 1.86. The third-order valence-corrected chi connectivity index (χ3v) is 4.73. The summed E-state index contributed by atoms with van der Waals surface area (Å²) in [7, 11) is 0. The molecule has 3 heteroatoms. The lowest BCUT2D eigenvalue weighted by molar-refractivity contribution is -0.122. The van der Waals surface area contributed by atoms with Crippen LogP contribution in [0.1, 0.15) is 36.6 Å². The summed E-state index contributed by atoms with van der Waals surface area (Å²) in [6, 6.07) is 19.7. The molecule has 3 nitrogen and oxygen atoms in total. The van der Waals surface area contributed by atoms with Gasteiger partial charge in [-0.2, -0.15) is 0 Å². The number of para-hydroxylation sites is 1. The molecule has 1 amide bonds. The van der Waals surface area contributed by atoms with E-state index >= 15 is 0 Å². The van der Waals surface area contributed by atoms with Crippen LogP contribution in [0.5, 0.6) is 0 Å². The zero-order chi connectivity index (χ0) is 17.1. The van der Waals surface area contributed by atoms with Gasteiger partial charge in [0, 0.05) is 11.8 Å². The van der Waals surface area contributed by atoms with E-state index in [2.05, 4.69) is 17.5 Å². The molecule has 25 heavy (non-hydrogen) atoms. The van der Waals surface area contributed by atoms with Crippen molar-refractivity contribution in [3.05, 3.63) is 84.1 Å². The summed E-state index contributed by atoms with van der Waals surface area (Å²) >= 11 is 0. The molecule has 2 aromatic carbocycles. The molecule has 0 saturated heterocycles. The monoisotopic (exact) mass is 331 g/mol. The first-order chi connectivity index (χ1) is 12.3. The van der Waals surface area contributed by atoms with E-state index in [4.69, 9.17) is 4.42 Å². The van der Waals surface area contributed by atoms with E-state index < -0.39 is 0 Å². The third kappa shape index (κ3) is 3.50. The van der Waals surface area contributed by atoms with Gasteiger partial charge in [0.05, 0.1) is 0 Å². The van der Waals surface area contributed by atoms with Gasteiger partial charge < -0.3 is 9.73 Å². The molecule has 3 aromatic rings. The highest BCUT2D eigenvalue weighted by atomic mass is 16.3. The lowest BCUT2D eigenvalue weighted by Crippen LogP contribution is -2.30. The van der Waals surface area contributed by atoms with Gasteiger partial charge in [0.25, 0.3) is 0 Å². The molecule has 0 fully saturated rings. The lowest BCUT2D eigenvalue weighted by Gasteiger charge is -2.18. The summed E-state index contributed by atoms with van der Waals surface area (Å²) < 4.78 is 6.03. The number of allylic oxidation sites excluding steroid dienone is 2. The van der Waals surface area contributed by atoms with Crippen LogP contribution in [0.2, 0.25) is 0 Å². The molecule has 0 spiro atoms. The maximum absolute atomic E-state index is 12.6. The predicted molar refractivity (Wildman–Crippen MR) is 99.1 cm³/mol. The number of hydrogen-bond donors (Lipinski definition) is 1. The Hall–Kier alpha value is -2.81. The molecule has 1 N–H and O–H groups in total. The van der Waals surface area contributed by atoms with Crippen LogP contribution in [-0.2, 0) is 4.79 Å². The normalized spacial score (nSPS) is 17.7. The Morgan fingerprint density at radius 1 is 1.12 bits per heavy atom. The van der Waals surface area contributed by atoms with E-state index in [1.165, 1.54) is 0 Å². The van der Waals surface area contributed by atoms with Gasteiger partial charge in [0.15, 0.2) is 0 Å². The summed E-state index contributed by atoms with van der Waals surface area (Å²) in [6.07, 6.45) is 6.97. The van der Waals surface area contributed by atoms with E-state index in [1.807, 2.05) is 60.7 Å². The molecule has 1 heterocycles. The second kappa shape index (κ2) is 6.98. The van der Waals surface area contributed by atoms with Crippen LogP contribution in [0.3, 0.4) is 0 Å². The molecule has 4 rings (SSSR count). The minimum atomic E-state index is -0.272. The van der Waals surface area contributed by atoms with Crippen LogP contribution < -0.4 is 5.32 Å². The first-order valence-corrected chi connectivity index (χ1v) is 8.79. The number of fused-ring (bicyclic) bond motifs is 1. The van der Waals surface area contributed by atoms with Crippen LogP contribution in [0.15, 0.2) is 77.2 Å². The fourth-order valence-electron chi connectivity index (χ4n) is 3.43. The molecule has 0 aliphatic heterocycles. The standard InChI is InChI=1S/C22H21NO2/c24-21(14-16-8-4-5-9-16)23-22(17-10-2-1-3-11-17)20-15-18-12-6-7-13-19(18)25-20/h1-4,6-8,10-13,15-16,22H,5,9,14H2,(H,23,24)/t16-,22-/m0/s1. The number of hydrogen-bond acceptors (Lipinski definition) is 2. The average Bonchev–Trinajstić information content (AvgIpc) is 3.29. The van der Waals surface area contributed by atoms with Crippen molar-refractivity contribution in [3.8, 4) is 0 Å². The van der Waals surface area contributed by atoms with Gasteiger partial charge in [-0.1, -0.05) is 60.7 Å². The van der Waals surface area contributed by atoms with Crippen LogP contribution in [0.25, 0.3) is 11.0 Å². The molecule has 1 aromatic heterocycles. The molecule has 1 aliphatic rings. The van der Waals surface area contributed by atoms with Gasteiger partial charge in [-0.3, -0.25) is 4.79 Å². The minimum absolute atomic E-state index is 0.0610. The minimum Gasteiger partial charge on any atom is -0.459 e. The molecule has 0 bridgehead atoms. The lowest BCUT2D eigenvalue weighted by atomic mass is 10.0. The maximum Gasteiger partial charge on any atom is 0.221 e. The fourth-order valence-corrected chi connectivity index (χ4v) is 3.43. The summed E-state index contributed by atoms with van der Waals surface area (Å²) in [4.78, 5) is 12.6. The van der Waals surface area contributed by atoms with E-state index in [0.717, 1.165) is 35.1 Å². The molecule has 0 saturated carbocycles. The highest BCUT2D eigenvalue weighted by Gasteiger charge is 2.22. The Bertz CT molecular complexity index is 862. The fraction of sp³-hybridized carbons (Fsp3) is 0.227. The quantitative estimate of drug-likeness (QED) is 0.669. The first-order valence-electron chi connectivity index (χ1n) is 8.79. The Balaban J connectivity index is 1.62. The average molecular weight is 331 g/mol. The van der Waals surface area contributed by atoms with Crippen molar-refractivity contribution in [3.63, 3.8) is 0 Å². The second-order valence-electron chi connectivity index (χ2n) is 6.57. The Morgan fingerprint density at radius 3 is 2.68 bits per heavy atom.